The third-order valence-electron chi connectivity index (χ3n) is 8.59. The van der Waals surface area contributed by atoms with Crippen molar-refractivity contribution in [1.29, 1.82) is 0 Å². The smallest absolute Gasteiger partial charge is 0.338 e. The van der Waals surface area contributed by atoms with E-state index in [-0.39, 0.29) is 56.2 Å². The summed E-state index contributed by atoms with van der Waals surface area (Å²) in [4.78, 5) is 23.1. The SMILES string of the molecule is COc1cc(N=Nc2c(S(=O)(=O)O)cc3cc(S(=O)(=O)O)cc(O)c3c2O)c(OC)cc1N=Nc1ccc(N=Nc2c(C)[nH]n(-c3ccc(S(=O)(=O)O)cc3)c2=O)cc1C(=O)O. The van der Waals surface area contributed by atoms with Crippen LogP contribution in [-0.2, 0) is 30.4 Å². The number of aromatic carboxylic acids is 1. The predicted molar refractivity (Wildman–Crippen MR) is 213 cm³/mol. The van der Waals surface area contributed by atoms with Gasteiger partial charge in [-0.05, 0) is 66.9 Å². The second kappa shape index (κ2) is 16.6. The summed E-state index contributed by atoms with van der Waals surface area (Å²) < 4.78 is 111. The Kier molecular flexibility index (Phi) is 11.8. The van der Waals surface area contributed by atoms with Crippen molar-refractivity contribution in [3.05, 3.63) is 94.4 Å². The van der Waals surface area contributed by atoms with E-state index >= 15 is 0 Å². The average molecular weight is 913 g/mol. The van der Waals surface area contributed by atoms with Crippen molar-refractivity contribution >= 4 is 81.2 Å². The lowest BCUT2D eigenvalue weighted by Gasteiger charge is -2.12. The fourth-order valence-electron chi connectivity index (χ4n) is 5.67. The number of nitrogens with zero attached hydrogens (tertiary/aromatic N) is 7. The number of phenols is 2. The Morgan fingerprint density at radius 2 is 1.23 bits per heavy atom. The number of carboxylic acids is 1. The number of azo groups is 3. The van der Waals surface area contributed by atoms with Gasteiger partial charge in [-0.25, -0.2) is 9.48 Å². The van der Waals surface area contributed by atoms with E-state index in [2.05, 4.69) is 35.8 Å². The lowest BCUT2D eigenvalue weighted by molar-refractivity contribution is 0.0697. The van der Waals surface area contributed by atoms with Gasteiger partial charge < -0.3 is 24.8 Å². The van der Waals surface area contributed by atoms with Crippen LogP contribution >= 0.6 is 0 Å². The van der Waals surface area contributed by atoms with E-state index in [4.69, 9.17) is 9.47 Å². The summed E-state index contributed by atoms with van der Waals surface area (Å²) in [5.41, 5.74) is -2.07. The standard InChI is InChI=1S/C35H28N8O16S3/c1-16-31(34(46)43(42-16)19-5-7-20(8-6-19)60(49,50)51)40-36-18-4-9-23(22(12-18)35(47)48)37-38-24-14-28(59-3)25(15-27(24)58-2)39-41-32-29(62(55,56)57)11-17-10-21(61(52,53)54)13-26(44)30(17)33(32)45/h4-15,42,44-45H,1-3H3,(H,47,48)(H,49,50,51)(H,52,53,54)(H,55,56,57). The van der Waals surface area contributed by atoms with Crippen molar-refractivity contribution in [2.24, 2.45) is 30.7 Å². The molecule has 5 aromatic carbocycles. The molecule has 322 valence electrons. The third kappa shape index (κ3) is 9.01. The van der Waals surface area contributed by atoms with Gasteiger partial charge in [-0.3, -0.25) is 23.6 Å². The number of phenolic OH excluding ortho intramolecular Hbond substituents is 2. The Morgan fingerprint density at radius 3 is 1.77 bits per heavy atom. The number of rotatable bonds is 13. The molecule has 1 heterocycles. The molecule has 0 aliphatic heterocycles. The molecule has 0 aliphatic rings. The maximum absolute atomic E-state index is 13.1. The highest BCUT2D eigenvalue weighted by Crippen LogP contribution is 2.47. The van der Waals surface area contributed by atoms with Gasteiger partial charge in [-0.2, -0.15) is 30.4 Å². The molecule has 0 fully saturated rings. The zero-order valence-electron chi connectivity index (χ0n) is 31.5. The highest BCUT2D eigenvalue weighted by atomic mass is 32.2. The molecule has 0 saturated heterocycles. The maximum Gasteiger partial charge on any atom is 0.338 e. The van der Waals surface area contributed by atoms with E-state index in [1.807, 2.05) is 0 Å². The van der Waals surface area contributed by atoms with Gasteiger partial charge in [0.2, 0.25) is 0 Å². The molecular weight excluding hydrogens is 885 g/mol. The Hall–Kier alpha value is -7.43. The molecule has 0 spiro atoms. The molecule has 0 atom stereocenters. The molecule has 0 aliphatic carbocycles. The first-order chi connectivity index (χ1) is 29.0. The summed E-state index contributed by atoms with van der Waals surface area (Å²) >= 11 is 0. The van der Waals surface area contributed by atoms with Crippen LogP contribution in [0.2, 0.25) is 0 Å². The number of ether oxygens (including phenoxy) is 2. The highest BCUT2D eigenvalue weighted by molar-refractivity contribution is 7.86. The summed E-state index contributed by atoms with van der Waals surface area (Å²) in [5.74, 6) is -3.58. The number of aromatic amines is 1. The first kappa shape index (κ1) is 44.1. The molecule has 6 rings (SSSR count). The summed E-state index contributed by atoms with van der Waals surface area (Å²) in [6.45, 7) is 1.51. The number of hydrogen-bond acceptors (Lipinski definition) is 18. The van der Waals surface area contributed by atoms with Gasteiger partial charge in [0.05, 0.1) is 52.0 Å². The lowest BCUT2D eigenvalue weighted by Crippen LogP contribution is -2.14. The summed E-state index contributed by atoms with van der Waals surface area (Å²) in [6.07, 6.45) is 0. The number of methoxy groups -OCH3 is 2. The van der Waals surface area contributed by atoms with E-state index in [9.17, 15) is 63.8 Å². The number of aromatic hydroxyl groups is 2. The number of fused-ring (bicyclic) bond motifs is 1. The fraction of sp³-hybridized carbons (Fsp3) is 0.0857. The van der Waals surface area contributed by atoms with Crippen LogP contribution in [0.1, 0.15) is 16.1 Å². The van der Waals surface area contributed by atoms with Gasteiger partial charge in [0.1, 0.15) is 44.9 Å². The quantitative estimate of drug-likeness (QED) is 0.0466. The van der Waals surface area contributed by atoms with Gasteiger partial charge in [-0.15, -0.1) is 25.6 Å². The number of hydrogen-bond donors (Lipinski definition) is 7. The summed E-state index contributed by atoms with van der Waals surface area (Å²) in [6, 6.07) is 12.8. The Labute approximate surface area is 348 Å². The van der Waals surface area contributed by atoms with Gasteiger partial charge in [0.25, 0.3) is 35.9 Å². The zero-order valence-corrected chi connectivity index (χ0v) is 34.0. The molecule has 0 radical (unpaired) electrons. The normalized spacial score (nSPS) is 12.5. The second-order valence-electron chi connectivity index (χ2n) is 12.6. The van der Waals surface area contributed by atoms with Crippen molar-refractivity contribution in [3.63, 3.8) is 0 Å². The van der Waals surface area contributed by atoms with E-state index in [0.29, 0.717) is 12.1 Å². The third-order valence-corrected chi connectivity index (χ3v) is 11.2. The van der Waals surface area contributed by atoms with Crippen LogP contribution < -0.4 is 15.0 Å². The summed E-state index contributed by atoms with van der Waals surface area (Å²) in [5, 5.41) is 57.0. The van der Waals surface area contributed by atoms with E-state index < -0.39 is 85.2 Å². The molecule has 24 nitrogen and oxygen atoms in total. The zero-order chi connectivity index (χ0) is 45.5. The van der Waals surface area contributed by atoms with Gasteiger partial charge in [0.15, 0.2) is 11.4 Å². The fourth-order valence-corrected chi connectivity index (χ4v) is 7.35. The molecular formula is C35H28N8O16S3. The van der Waals surface area contributed by atoms with Crippen molar-refractivity contribution in [2.75, 3.05) is 14.2 Å². The number of benzene rings is 5. The number of aryl methyl sites for hydroxylation is 1. The Balaban J connectivity index is 1.31. The number of carbonyl (C=O) groups is 1. The Bertz CT molecular complexity index is 3330. The van der Waals surface area contributed by atoms with Crippen LogP contribution in [0.15, 0.2) is 123 Å². The molecule has 0 unspecified atom stereocenters. The highest BCUT2D eigenvalue weighted by Gasteiger charge is 2.26. The molecule has 1 aromatic heterocycles. The van der Waals surface area contributed by atoms with Crippen molar-refractivity contribution in [1.82, 2.24) is 9.78 Å². The lowest BCUT2D eigenvalue weighted by atomic mass is 10.1. The number of carboxylic acid groups (broad SMARTS) is 1. The molecule has 7 N–H and O–H groups in total. The molecule has 6 aromatic rings. The van der Waals surface area contributed by atoms with Crippen LogP contribution in [0.25, 0.3) is 16.5 Å². The van der Waals surface area contributed by atoms with E-state index in [0.717, 1.165) is 28.9 Å². The molecule has 0 bridgehead atoms. The van der Waals surface area contributed by atoms with Gasteiger partial charge in [-0.1, -0.05) is 0 Å². The van der Waals surface area contributed by atoms with E-state index in [1.165, 1.54) is 57.5 Å². The van der Waals surface area contributed by atoms with Crippen molar-refractivity contribution < 1.29 is 68.5 Å². The first-order valence-electron chi connectivity index (χ1n) is 16.8. The molecule has 0 saturated carbocycles. The van der Waals surface area contributed by atoms with Crippen LogP contribution in [-0.4, -0.2) is 84.2 Å². The minimum Gasteiger partial charge on any atom is -0.507 e. The van der Waals surface area contributed by atoms with Crippen LogP contribution in [0, 0.1) is 6.92 Å². The monoisotopic (exact) mass is 912 g/mol. The second-order valence-corrected chi connectivity index (χ2v) is 16.8. The summed E-state index contributed by atoms with van der Waals surface area (Å²) in [7, 11) is -12.1. The Morgan fingerprint density at radius 1 is 0.661 bits per heavy atom. The predicted octanol–water partition coefficient (Wildman–Crippen LogP) is 6.74. The van der Waals surface area contributed by atoms with Crippen molar-refractivity contribution in [3.8, 4) is 28.7 Å². The van der Waals surface area contributed by atoms with Crippen LogP contribution in [0.3, 0.4) is 0 Å². The van der Waals surface area contributed by atoms with Gasteiger partial charge >= 0.3 is 5.97 Å². The first-order valence-corrected chi connectivity index (χ1v) is 21.1. The average Bonchev–Trinajstić information content (AvgIpc) is 3.49. The van der Waals surface area contributed by atoms with Crippen LogP contribution in [0.5, 0.6) is 23.0 Å². The van der Waals surface area contributed by atoms with Crippen LogP contribution in [0.4, 0.5) is 34.1 Å². The molecule has 0 amide bonds. The van der Waals surface area contributed by atoms with Crippen molar-refractivity contribution in [2.45, 2.75) is 21.6 Å². The van der Waals surface area contributed by atoms with E-state index in [1.54, 1.807) is 0 Å². The van der Waals surface area contributed by atoms with Gasteiger partial charge in [0, 0.05) is 18.2 Å². The number of H-pyrrole nitrogens is 1. The topological polar surface area (TPSA) is 371 Å². The number of nitrogens with one attached hydrogen (secondary N) is 1. The molecule has 27 heteroatoms. The molecule has 62 heavy (non-hydrogen) atoms. The largest absolute Gasteiger partial charge is 0.507 e. The minimum absolute atomic E-state index is 0.00737. The maximum atomic E-state index is 13.1. The number of aromatic nitrogens is 2. The minimum atomic E-state index is -5.21.